The maximum atomic E-state index is 12.9. The fourth-order valence-electron chi connectivity index (χ4n) is 3.81. The zero-order valence-electron chi connectivity index (χ0n) is 13.0. The number of ketones is 1. The number of fused-ring (bicyclic) bond motifs is 1. The number of benzene rings is 1. The van der Waals surface area contributed by atoms with Crippen LogP contribution < -0.4 is 0 Å². The van der Waals surface area contributed by atoms with Gasteiger partial charge in [0.05, 0.1) is 6.10 Å². The molecule has 0 amide bonds. The van der Waals surface area contributed by atoms with Crippen molar-refractivity contribution in [3.63, 3.8) is 0 Å². The van der Waals surface area contributed by atoms with E-state index in [1.165, 1.54) is 5.56 Å². The third kappa shape index (κ3) is 3.02. The Balaban J connectivity index is 1.74. The monoisotopic (exact) mass is 344 g/mol. The Hall–Kier alpha value is -0.475. The molecule has 2 aliphatic carbocycles. The molecule has 2 aliphatic rings. The third-order valence-electron chi connectivity index (χ3n) is 4.74. The lowest BCUT2D eigenvalue weighted by molar-refractivity contribution is -0.00326. The number of hydrogen-bond acceptors (Lipinski definition) is 2. The molecular formula is C15H20B3BrO2. The van der Waals surface area contributed by atoms with E-state index >= 15 is 0 Å². The van der Waals surface area contributed by atoms with Crippen LogP contribution in [0.1, 0.15) is 41.6 Å². The van der Waals surface area contributed by atoms with Crippen molar-refractivity contribution in [1.82, 2.24) is 0 Å². The lowest BCUT2D eigenvalue weighted by Crippen LogP contribution is -2.42. The second kappa shape index (κ2) is 5.31. The van der Waals surface area contributed by atoms with E-state index in [1.54, 1.807) is 0 Å². The van der Waals surface area contributed by atoms with E-state index in [1.807, 2.05) is 12.1 Å². The van der Waals surface area contributed by atoms with Crippen molar-refractivity contribution < 1.29 is 9.53 Å². The maximum absolute atomic E-state index is 12.9. The van der Waals surface area contributed by atoms with Gasteiger partial charge in [-0.05, 0) is 55.1 Å². The van der Waals surface area contributed by atoms with E-state index < -0.39 is 0 Å². The van der Waals surface area contributed by atoms with Gasteiger partial charge in [-0.15, -0.1) is 0 Å². The molecular weight excluding hydrogens is 325 g/mol. The summed E-state index contributed by atoms with van der Waals surface area (Å²) in [7, 11) is 6.31. The smallest absolute Gasteiger partial charge is 0.169 e. The van der Waals surface area contributed by atoms with Gasteiger partial charge in [0.25, 0.3) is 0 Å². The van der Waals surface area contributed by atoms with Crippen LogP contribution in [-0.2, 0) is 11.2 Å². The van der Waals surface area contributed by atoms with Crippen LogP contribution in [0.2, 0.25) is 0 Å². The highest BCUT2D eigenvalue weighted by Gasteiger charge is 2.47. The third-order valence-corrected chi connectivity index (χ3v) is 5.23. The number of carbonyl (C=O) groups excluding carboxylic acids is 1. The molecule has 0 radical (unpaired) electrons. The molecule has 2 nitrogen and oxygen atoms in total. The Morgan fingerprint density at radius 2 is 1.90 bits per heavy atom. The first kappa shape index (κ1) is 15.4. The molecule has 0 bridgehead atoms. The van der Waals surface area contributed by atoms with Gasteiger partial charge >= 0.3 is 0 Å². The number of carbonyl (C=O) groups is 1. The van der Waals surface area contributed by atoms with Gasteiger partial charge in [0.15, 0.2) is 5.78 Å². The van der Waals surface area contributed by atoms with Crippen molar-refractivity contribution in [2.75, 3.05) is 0 Å². The molecule has 6 heteroatoms. The number of rotatable bonds is 2. The molecule has 1 fully saturated rings. The van der Waals surface area contributed by atoms with Crippen molar-refractivity contribution in [1.29, 1.82) is 0 Å². The highest BCUT2D eigenvalue weighted by atomic mass is 79.9. The van der Waals surface area contributed by atoms with Gasteiger partial charge in [-0.2, -0.15) is 0 Å². The summed E-state index contributed by atoms with van der Waals surface area (Å²) in [5.41, 5.74) is 2.00. The standard InChI is InChI=1S/C15H20B3BrO2/c16-15(17,18)21-11-3-5-14(6-4-11)8-9-1-2-10(19)7-12(9)13(14)20/h1-2,7,11H,3-6,8,16-18H2. The summed E-state index contributed by atoms with van der Waals surface area (Å²) in [6.45, 7) is 0. The van der Waals surface area contributed by atoms with E-state index in [9.17, 15) is 4.79 Å². The molecule has 0 atom stereocenters. The maximum Gasteiger partial charge on any atom is 0.169 e. The zero-order valence-corrected chi connectivity index (χ0v) is 14.6. The van der Waals surface area contributed by atoms with Gasteiger partial charge in [0.2, 0.25) is 0 Å². The molecule has 108 valence electrons. The molecule has 0 N–H and O–H groups in total. The largest absolute Gasteiger partial charge is 0.398 e. The Bertz CT molecular complexity index is 575. The van der Waals surface area contributed by atoms with Gasteiger partial charge in [0.1, 0.15) is 23.5 Å². The van der Waals surface area contributed by atoms with E-state index in [2.05, 4.69) is 45.5 Å². The minimum absolute atomic E-state index is 0.0946. The Kier molecular flexibility index (Phi) is 3.90. The van der Waals surface area contributed by atoms with Crippen LogP contribution in [0.4, 0.5) is 0 Å². The second-order valence-electron chi connectivity index (χ2n) is 7.52. The van der Waals surface area contributed by atoms with Crippen LogP contribution in [0, 0.1) is 5.41 Å². The molecule has 0 unspecified atom stereocenters. The Labute approximate surface area is 137 Å². The van der Waals surface area contributed by atoms with E-state index in [4.69, 9.17) is 4.74 Å². The molecule has 0 aliphatic heterocycles. The summed E-state index contributed by atoms with van der Waals surface area (Å²) in [6.07, 6.45) is 5.13. The summed E-state index contributed by atoms with van der Waals surface area (Å²) in [5, 5.41) is -0.0946. The Morgan fingerprint density at radius 1 is 1.24 bits per heavy atom. The van der Waals surface area contributed by atoms with Crippen molar-refractivity contribution in [3.05, 3.63) is 33.8 Å². The van der Waals surface area contributed by atoms with Crippen LogP contribution in [0.15, 0.2) is 22.7 Å². The molecule has 1 aromatic rings. The van der Waals surface area contributed by atoms with E-state index in [0.29, 0.717) is 11.9 Å². The molecule has 21 heavy (non-hydrogen) atoms. The van der Waals surface area contributed by atoms with Gasteiger partial charge in [0, 0.05) is 15.5 Å². The van der Waals surface area contributed by atoms with Crippen LogP contribution in [0.3, 0.4) is 0 Å². The number of hydrogen-bond donors (Lipinski definition) is 0. The van der Waals surface area contributed by atoms with Crippen molar-refractivity contribution in [3.8, 4) is 0 Å². The van der Waals surface area contributed by atoms with E-state index in [0.717, 1.165) is 42.1 Å². The van der Waals surface area contributed by atoms with Gasteiger partial charge in [-0.1, -0.05) is 22.0 Å². The first-order chi connectivity index (χ1) is 9.79. The summed E-state index contributed by atoms with van der Waals surface area (Å²) < 4.78 is 7.09. The predicted octanol–water partition coefficient (Wildman–Crippen LogP) is 0.644. The molecule has 0 saturated heterocycles. The summed E-state index contributed by atoms with van der Waals surface area (Å²) in [6, 6.07) is 6.13. The Morgan fingerprint density at radius 3 is 2.52 bits per heavy atom. The second-order valence-corrected chi connectivity index (χ2v) is 8.43. The van der Waals surface area contributed by atoms with Gasteiger partial charge in [-0.3, -0.25) is 4.79 Å². The summed E-state index contributed by atoms with van der Waals surface area (Å²) in [4.78, 5) is 12.9. The van der Waals surface area contributed by atoms with Crippen LogP contribution in [0.25, 0.3) is 0 Å². The minimum Gasteiger partial charge on any atom is -0.398 e. The molecule has 3 rings (SSSR count). The summed E-state index contributed by atoms with van der Waals surface area (Å²) >= 11 is 3.48. The van der Waals surface area contributed by atoms with Crippen molar-refractivity contribution in [2.24, 2.45) is 5.41 Å². The normalized spacial score (nSPS) is 28.8. The predicted molar refractivity (Wildman–Crippen MR) is 96.3 cm³/mol. The minimum atomic E-state index is -0.152. The highest BCUT2D eigenvalue weighted by Crippen LogP contribution is 2.48. The van der Waals surface area contributed by atoms with Crippen LogP contribution in [0.5, 0.6) is 0 Å². The first-order valence-electron chi connectivity index (χ1n) is 7.80. The quantitative estimate of drug-likeness (QED) is 0.736. The molecule has 1 saturated carbocycles. The highest BCUT2D eigenvalue weighted by molar-refractivity contribution is 9.10. The number of Topliss-reactive ketones (excluding diaryl/α,β-unsaturated/α-hetero) is 1. The first-order valence-corrected chi connectivity index (χ1v) is 8.59. The molecule has 1 aromatic carbocycles. The number of halogens is 1. The van der Waals surface area contributed by atoms with E-state index in [-0.39, 0.29) is 10.7 Å². The molecule has 0 heterocycles. The lowest BCUT2D eigenvalue weighted by atomic mass is 9.52. The van der Waals surface area contributed by atoms with Crippen molar-refractivity contribution in [2.45, 2.75) is 43.5 Å². The van der Waals surface area contributed by atoms with Crippen LogP contribution in [-0.4, -0.2) is 40.7 Å². The average molecular weight is 345 g/mol. The zero-order chi connectivity index (χ0) is 15.3. The molecule has 0 aromatic heterocycles. The fourth-order valence-corrected chi connectivity index (χ4v) is 4.17. The fraction of sp³-hybridized carbons (Fsp3) is 0.533. The SMILES string of the molecule is BC(B)(B)OC1CCC2(CC1)Cc1ccc(Br)cc1C2=O. The average Bonchev–Trinajstić information content (AvgIpc) is 2.65. The lowest BCUT2D eigenvalue weighted by Gasteiger charge is -2.38. The van der Waals surface area contributed by atoms with Crippen molar-refractivity contribution >= 4 is 45.3 Å². The van der Waals surface area contributed by atoms with Gasteiger partial charge in [-0.25, -0.2) is 0 Å². The van der Waals surface area contributed by atoms with Crippen LogP contribution >= 0.6 is 15.9 Å². The van der Waals surface area contributed by atoms with Gasteiger partial charge < -0.3 is 4.74 Å². The molecule has 1 spiro atoms. The number of ether oxygens (including phenoxy) is 1. The topological polar surface area (TPSA) is 26.3 Å². The summed E-state index contributed by atoms with van der Waals surface area (Å²) in [5.74, 6) is 0.355.